The van der Waals surface area contributed by atoms with Crippen LogP contribution in [0.1, 0.15) is 26.2 Å². The van der Waals surface area contributed by atoms with Gasteiger partial charge in [-0.15, -0.1) is 0 Å². The van der Waals surface area contributed by atoms with E-state index < -0.39 is 0 Å². The Labute approximate surface area is 61.5 Å². The molecule has 1 unspecified atom stereocenters. The first-order valence-corrected chi connectivity index (χ1v) is 3.73. The van der Waals surface area contributed by atoms with Crippen molar-refractivity contribution in [3.8, 4) is 0 Å². The van der Waals surface area contributed by atoms with Crippen LogP contribution in [0.5, 0.6) is 0 Å². The first kappa shape index (κ1) is 7.32. The molecule has 0 aromatic heterocycles. The second-order valence-electron chi connectivity index (χ2n) is 2.63. The summed E-state index contributed by atoms with van der Waals surface area (Å²) in [5, 5.41) is 0. The number of hydrogen-bond acceptors (Lipinski definition) is 1. The van der Waals surface area contributed by atoms with Crippen LogP contribution in [0.25, 0.3) is 0 Å². The summed E-state index contributed by atoms with van der Waals surface area (Å²) in [6.45, 7) is 5.70. The van der Waals surface area contributed by atoms with Crippen molar-refractivity contribution in [3.05, 3.63) is 12.8 Å². The van der Waals surface area contributed by atoms with Crippen LogP contribution in [0.2, 0.25) is 0 Å². The average molecular weight is 139 g/mol. The largest absolute Gasteiger partial charge is 0.316 e. The molecule has 1 aliphatic heterocycles. The first-order chi connectivity index (χ1) is 4.79. The topological polar surface area (TPSA) is 20.3 Å². The van der Waals surface area contributed by atoms with E-state index in [1.165, 1.54) is 0 Å². The number of rotatable bonds is 3. The molecule has 0 saturated carbocycles. The Balaban J connectivity index is 2.37. The number of carbonyl (C=O) groups excluding carboxylic acids is 1. The summed E-state index contributed by atoms with van der Waals surface area (Å²) in [6.07, 6.45) is 4.60. The van der Waals surface area contributed by atoms with Gasteiger partial charge in [0.05, 0.1) is 0 Å². The molecular formula is C8H13NO. The molecule has 56 valence electrons. The quantitative estimate of drug-likeness (QED) is 0.543. The molecule has 1 atom stereocenters. The van der Waals surface area contributed by atoms with Crippen LogP contribution in [0.4, 0.5) is 0 Å². The molecule has 2 heteroatoms. The molecule has 1 fully saturated rings. The summed E-state index contributed by atoms with van der Waals surface area (Å²) in [7, 11) is 0. The fourth-order valence-corrected chi connectivity index (χ4v) is 1.32. The van der Waals surface area contributed by atoms with Crippen LogP contribution in [-0.2, 0) is 4.79 Å². The lowest BCUT2D eigenvalue weighted by molar-refractivity contribution is -0.141. The summed E-state index contributed by atoms with van der Waals surface area (Å²) in [5.41, 5.74) is 0. The van der Waals surface area contributed by atoms with Gasteiger partial charge in [-0.1, -0.05) is 19.9 Å². The summed E-state index contributed by atoms with van der Waals surface area (Å²) in [5.74, 6) is 0.216. The predicted octanol–water partition coefficient (Wildman–Crippen LogP) is 1.53. The van der Waals surface area contributed by atoms with Crippen molar-refractivity contribution < 1.29 is 4.79 Å². The number of β-lactam (4-membered cyclic amide) rings is 1. The molecule has 0 bridgehead atoms. The third kappa shape index (κ3) is 1.06. The van der Waals surface area contributed by atoms with Crippen LogP contribution >= 0.6 is 0 Å². The Kier molecular flexibility index (Phi) is 2.10. The van der Waals surface area contributed by atoms with E-state index in [1.807, 2.05) is 0 Å². The van der Waals surface area contributed by atoms with Crippen LogP contribution in [0.15, 0.2) is 12.8 Å². The molecule has 1 saturated heterocycles. The van der Waals surface area contributed by atoms with Crippen molar-refractivity contribution in [1.82, 2.24) is 4.90 Å². The molecule has 0 aliphatic carbocycles. The number of nitrogens with zero attached hydrogens (tertiary/aromatic N) is 1. The van der Waals surface area contributed by atoms with Gasteiger partial charge in [-0.05, 0) is 12.6 Å². The molecule has 1 heterocycles. The summed E-state index contributed by atoms with van der Waals surface area (Å²) in [6, 6.07) is 0.454. The summed E-state index contributed by atoms with van der Waals surface area (Å²) in [4.78, 5) is 12.5. The lowest BCUT2D eigenvalue weighted by Crippen LogP contribution is -2.48. The Hall–Kier alpha value is -0.790. The van der Waals surface area contributed by atoms with Gasteiger partial charge < -0.3 is 4.90 Å². The highest BCUT2D eigenvalue weighted by Crippen LogP contribution is 2.22. The number of carbonyl (C=O) groups is 1. The molecule has 0 aromatic carbocycles. The monoisotopic (exact) mass is 139 g/mol. The van der Waals surface area contributed by atoms with Crippen molar-refractivity contribution in [2.75, 3.05) is 0 Å². The van der Waals surface area contributed by atoms with E-state index in [-0.39, 0.29) is 5.91 Å². The van der Waals surface area contributed by atoms with E-state index in [0.29, 0.717) is 6.04 Å². The highest BCUT2D eigenvalue weighted by molar-refractivity contribution is 5.84. The number of hydrogen-bond donors (Lipinski definition) is 0. The van der Waals surface area contributed by atoms with E-state index in [4.69, 9.17) is 0 Å². The standard InChI is InChI=1S/C8H13NO/c1-3-5-7-6-8(10)9(7)4-2/h4,7H,2-3,5-6H2,1H3. The van der Waals surface area contributed by atoms with E-state index in [0.717, 1.165) is 19.3 Å². The van der Waals surface area contributed by atoms with E-state index in [2.05, 4.69) is 13.5 Å². The molecule has 1 rings (SSSR count). The average Bonchev–Trinajstić information content (AvgIpc) is 1.88. The van der Waals surface area contributed by atoms with Gasteiger partial charge in [-0.3, -0.25) is 4.79 Å². The van der Waals surface area contributed by atoms with Gasteiger partial charge in [0.25, 0.3) is 0 Å². The number of likely N-dealkylation sites (tertiary alicyclic amines) is 1. The SMILES string of the molecule is C=CN1C(=O)CC1CCC. The second-order valence-corrected chi connectivity index (χ2v) is 2.63. The van der Waals surface area contributed by atoms with Crippen LogP contribution in [0.3, 0.4) is 0 Å². The fraction of sp³-hybridized carbons (Fsp3) is 0.625. The second kappa shape index (κ2) is 2.86. The minimum Gasteiger partial charge on any atom is -0.316 e. The van der Waals surface area contributed by atoms with Gasteiger partial charge in [-0.2, -0.15) is 0 Å². The third-order valence-corrected chi connectivity index (χ3v) is 1.91. The van der Waals surface area contributed by atoms with Gasteiger partial charge in [-0.25, -0.2) is 0 Å². The van der Waals surface area contributed by atoms with Crippen molar-refractivity contribution in [1.29, 1.82) is 0 Å². The maximum atomic E-state index is 10.8. The van der Waals surface area contributed by atoms with Crippen LogP contribution in [0, 0.1) is 0 Å². The fourth-order valence-electron chi connectivity index (χ4n) is 1.32. The van der Waals surface area contributed by atoms with Crippen molar-refractivity contribution >= 4 is 5.91 Å². The van der Waals surface area contributed by atoms with Crippen LogP contribution in [-0.4, -0.2) is 16.8 Å². The van der Waals surface area contributed by atoms with Gasteiger partial charge in [0.15, 0.2) is 0 Å². The van der Waals surface area contributed by atoms with E-state index >= 15 is 0 Å². The van der Waals surface area contributed by atoms with Gasteiger partial charge in [0.1, 0.15) is 0 Å². The minimum absolute atomic E-state index is 0.216. The Morgan fingerprint density at radius 2 is 2.60 bits per heavy atom. The van der Waals surface area contributed by atoms with Crippen LogP contribution < -0.4 is 0 Å². The highest BCUT2D eigenvalue weighted by atomic mass is 16.2. The predicted molar refractivity (Wildman–Crippen MR) is 40.4 cm³/mol. The lowest BCUT2D eigenvalue weighted by Gasteiger charge is -2.37. The highest BCUT2D eigenvalue weighted by Gasteiger charge is 2.32. The van der Waals surface area contributed by atoms with Gasteiger partial charge in [0.2, 0.25) is 5.91 Å². The van der Waals surface area contributed by atoms with E-state index in [9.17, 15) is 4.79 Å². The van der Waals surface area contributed by atoms with E-state index in [1.54, 1.807) is 11.1 Å². The minimum atomic E-state index is 0.216. The Morgan fingerprint density at radius 3 is 3.00 bits per heavy atom. The Bertz CT molecular complexity index is 153. The smallest absolute Gasteiger partial charge is 0.228 e. The zero-order valence-corrected chi connectivity index (χ0v) is 6.34. The molecular weight excluding hydrogens is 126 g/mol. The van der Waals surface area contributed by atoms with Crippen molar-refractivity contribution in [3.63, 3.8) is 0 Å². The normalized spacial score (nSPS) is 24.3. The zero-order valence-electron chi connectivity index (χ0n) is 6.34. The molecule has 10 heavy (non-hydrogen) atoms. The summed E-state index contributed by atoms with van der Waals surface area (Å²) >= 11 is 0. The molecule has 1 aliphatic rings. The Morgan fingerprint density at radius 1 is 1.90 bits per heavy atom. The molecule has 2 nitrogen and oxygen atoms in total. The molecule has 0 spiro atoms. The zero-order chi connectivity index (χ0) is 7.56. The molecule has 0 radical (unpaired) electrons. The van der Waals surface area contributed by atoms with Crippen molar-refractivity contribution in [2.45, 2.75) is 32.2 Å². The molecule has 0 N–H and O–H groups in total. The lowest BCUT2D eigenvalue weighted by atomic mass is 9.98. The maximum absolute atomic E-state index is 10.8. The molecule has 0 aromatic rings. The number of amides is 1. The van der Waals surface area contributed by atoms with Gasteiger partial charge >= 0.3 is 0 Å². The van der Waals surface area contributed by atoms with Crippen molar-refractivity contribution in [2.24, 2.45) is 0 Å². The molecule has 1 amide bonds. The third-order valence-electron chi connectivity index (χ3n) is 1.91. The summed E-state index contributed by atoms with van der Waals surface area (Å²) < 4.78 is 0. The maximum Gasteiger partial charge on any atom is 0.228 e. The first-order valence-electron chi connectivity index (χ1n) is 3.73. The van der Waals surface area contributed by atoms with Gasteiger partial charge in [0, 0.05) is 12.5 Å².